The van der Waals surface area contributed by atoms with Crippen LogP contribution in [-0.2, 0) is 4.79 Å². The average Bonchev–Trinajstić information content (AvgIpc) is 2.54. The standard InChI is InChI=1S/C12H20N2O2/c1-3-6-14-11(15)10-8-9(4-2)5-7-13(10)12(14)16/h9-10H,3-8H2,1-2H3. The third-order valence-corrected chi connectivity index (χ3v) is 3.76. The molecule has 0 aromatic carbocycles. The molecule has 2 rings (SSSR count). The highest BCUT2D eigenvalue weighted by Gasteiger charge is 2.46. The number of carbonyl (C=O) groups excluding carboxylic acids is 2. The van der Waals surface area contributed by atoms with E-state index in [4.69, 9.17) is 0 Å². The van der Waals surface area contributed by atoms with Crippen LogP contribution < -0.4 is 0 Å². The quantitative estimate of drug-likeness (QED) is 0.686. The monoisotopic (exact) mass is 224 g/mol. The predicted molar refractivity (Wildman–Crippen MR) is 60.9 cm³/mol. The Kier molecular flexibility index (Phi) is 3.17. The SMILES string of the molecule is CCCN1C(=O)C2CC(CC)CCN2C1=O. The summed E-state index contributed by atoms with van der Waals surface area (Å²) in [5, 5.41) is 0. The lowest BCUT2D eigenvalue weighted by molar-refractivity contribution is -0.129. The zero-order valence-corrected chi connectivity index (χ0v) is 10.1. The maximum atomic E-state index is 12.1. The second-order valence-corrected chi connectivity index (χ2v) is 4.78. The molecule has 0 aliphatic carbocycles. The number of imide groups is 1. The van der Waals surface area contributed by atoms with Gasteiger partial charge in [0.1, 0.15) is 6.04 Å². The highest BCUT2D eigenvalue weighted by molar-refractivity contribution is 6.04. The molecule has 2 unspecified atom stereocenters. The van der Waals surface area contributed by atoms with Crippen LogP contribution in [0.5, 0.6) is 0 Å². The Morgan fingerprint density at radius 2 is 2.06 bits per heavy atom. The van der Waals surface area contributed by atoms with Crippen molar-refractivity contribution >= 4 is 11.9 Å². The molecule has 2 heterocycles. The first-order valence-electron chi connectivity index (χ1n) is 6.31. The van der Waals surface area contributed by atoms with Gasteiger partial charge < -0.3 is 4.90 Å². The van der Waals surface area contributed by atoms with Gasteiger partial charge in [-0.05, 0) is 25.2 Å². The lowest BCUT2D eigenvalue weighted by Gasteiger charge is -2.31. The summed E-state index contributed by atoms with van der Waals surface area (Å²) in [7, 11) is 0. The van der Waals surface area contributed by atoms with E-state index in [1.807, 2.05) is 6.92 Å². The van der Waals surface area contributed by atoms with Gasteiger partial charge in [0.2, 0.25) is 0 Å². The van der Waals surface area contributed by atoms with Gasteiger partial charge in [-0.25, -0.2) is 4.79 Å². The molecule has 3 amide bonds. The van der Waals surface area contributed by atoms with Gasteiger partial charge in [-0.15, -0.1) is 0 Å². The summed E-state index contributed by atoms with van der Waals surface area (Å²) in [5.41, 5.74) is 0. The Morgan fingerprint density at radius 1 is 1.31 bits per heavy atom. The molecule has 0 saturated carbocycles. The van der Waals surface area contributed by atoms with Crippen LogP contribution >= 0.6 is 0 Å². The van der Waals surface area contributed by atoms with E-state index in [2.05, 4.69) is 6.92 Å². The highest BCUT2D eigenvalue weighted by atomic mass is 16.2. The minimum Gasteiger partial charge on any atom is -0.312 e. The van der Waals surface area contributed by atoms with Crippen molar-refractivity contribution in [2.45, 2.75) is 45.6 Å². The Balaban J connectivity index is 2.12. The number of urea groups is 1. The maximum Gasteiger partial charge on any atom is 0.327 e. The average molecular weight is 224 g/mol. The molecule has 0 aromatic heterocycles. The Morgan fingerprint density at radius 3 is 2.69 bits per heavy atom. The summed E-state index contributed by atoms with van der Waals surface area (Å²) < 4.78 is 0. The van der Waals surface area contributed by atoms with Crippen LogP contribution in [0.1, 0.15) is 39.5 Å². The third-order valence-electron chi connectivity index (χ3n) is 3.76. The number of nitrogens with zero attached hydrogens (tertiary/aromatic N) is 2. The van der Waals surface area contributed by atoms with E-state index in [0.717, 1.165) is 32.2 Å². The van der Waals surface area contributed by atoms with Gasteiger partial charge in [0.15, 0.2) is 0 Å². The van der Waals surface area contributed by atoms with Crippen LogP contribution in [-0.4, -0.2) is 40.9 Å². The smallest absolute Gasteiger partial charge is 0.312 e. The van der Waals surface area contributed by atoms with E-state index in [0.29, 0.717) is 12.5 Å². The molecule has 2 aliphatic heterocycles. The van der Waals surface area contributed by atoms with Gasteiger partial charge in [0.25, 0.3) is 5.91 Å². The molecule has 2 atom stereocenters. The van der Waals surface area contributed by atoms with Crippen LogP contribution in [0, 0.1) is 5.92 Å². The van der Waals surface area contributed by atoms with Crippen LogP contribution in [0.3, 0.4) is 0 Å². The van der Waals surface area contributed by atoms with Crippen LogP contribution in [0.25, 0.3) is 0 Å². The number of rotatable bonds is 3. The summed E-state index contributed by atoms with van der Waals surface area (Å²) in [6.07, 6.45) is 3.86. The molecule has 90 valence electrons. The zero-order valence-electron chi connectivity index (χ0n) is 10.1. The maximum absolute atomic E-state index is 12.1. The number of fused-ring (bicyclic) bond motifs is 1. The summed E-state index contributed by atoms with van der Waals surface area (Å²) in [4.78, 5) is 27.2. The predicted octanol–water partition coefficient (Wildman–Crippen LogP) is 1.85. The minimum absolute atomic E-state index is 0.0324. The van der Waals surface area contributed by atoms with Crippen LogP contribution in [0.15, 0.2) is 0 Å². The van der Waals surface area contributed by atoms with Gasteiger partial charge in [0, 0.05) is 13.1 Å². The fraction of sp³-hybridized carbons (Fsp3) is 0.833. The van der Waals surface area contributed by atoms with Crippen LogP contribution in [0.2, 0.25) is 0 Å². The van der Waals surface area contributed by atoms with E-state index in [1.54, 1.807) is 4.90 Å². The van der Waals surface area contributed by atoms with Crippen molar-refractivity contribution in [3.8, 4) is 0 Å². The van der Waals surface area contributed by atoms with Crippen molar-refractivity contribution in [2.24, 2.45) is 5.92 Å². The molecular weight excluding hydrogens is 204 g/mol. The largest absolute Gasteiger partial charge is 0.327 e. The van der Waals surface area contributed by atoms with Crippen molar-refractivity contribution in [3.05, 3.63) is 0 Å². The van der Waals surface area contributed by atoms with Crippen molar-refractivity contribution in [3.63, 3.8) is 0 Å². The molecule has 4 heteroatoms. The number of carbonyl (C=O) groups is 2. The normalized spacial score (nSPS) is 29.9. The molecule has 2 fully saturated rings. The Bertz CT molecular complexity index is 303. The fourth-order valence-corrected chi connectivity index (χ4v) is 2.73. The van der Waals surface area contributed by atoms with E-state index in [9.17, 15) is 9.59 Å². The van der Waals surface area contributed by atoms with Crippen LogP contribution in [0.4, 0.5) is 4.79 Å². The summed E-state index contributed by atoms with van der Waals surface area (Å²) >= 11 is 0. The third kappa shape index (κ3) is 1.70. The Hall–Kier alpha value is -1.06. The molecule has 0 N–H and O–H groups in total. The van der Waals surface area contributed by atoms with E-state index in [1.165, 1.54) is 4.90 Å². The number of piperidine rings is 1. The summed E-state index contributed by atoms with van der Waals surface area (Å²) in [6.45, 7) is 5.48. The van der Waals surface area contributed by atoms with Crippen molar-refractivity contribution < 1.29 is 9.59 Å². The molecule has 0 aromatic rings. The van der Waals surface area contributed by atoms with E-state index in [-0.39, 0.29) is 18.0 Å². The first-order chi connectivity index (χ1) is 7.69. The lowest BCUT2D eigenvalue weighted by Crippen LogP contribution is -2.42. The highest BCUT2D eigenvalue weighted by Crippen LogP contribution is 2.31. The van der Waals surface area contributed by atoms with E-state index < -0.39 is 0 Å². The second kappa shape index (κ2) is 4.44. The molecule has 2 saturated heterocycles. The molecular formula is C12H20N2O2. The van der Waals surface area contributed by atoms with Crippen molar-refractivity contribution in [2.75, 3.05) is 13.1 Å². The molecule has 0 spiro atoms. The van der Waals surface area contributed by atoms with Gasteiger partial charge >= 0.3 is 6.03 Å². The number of amides is 3. The molecule has 4 nitrogen and oxygen atoms in total. The lowest BCUT2D eigenvalue weighted by atomic mass is 9.89. The summed E-state index contributed by atoms with van der Waals surface area (Å²) in [5.74, 6) is 0.643. The molecule has 0 radical (unpaired) electrons. The minimum atomic E-state index is -0.155. The van der Waals surface area contributed by atoms with Gasteiger partial charge in [-0.2, -0.15) is 0 Å². The topological polar surface area (TPSA) is 40.6 Å². The first kappa shape index (κ1) is 11.4. The van der Waals surface area contributed by atoms with E-state index >= 15 is 0 Å². The molecule has 16 heavy (non-hydrogen) atoms. The van der Waals surface area contributed by atoms with Gasteiger partial charge in [0.05, 0.1) is 0 Å². The molecule has 2 aliphatic rings. The Labute approximate surface area is 96.6 Å². The molecule has 0 bridgehead atoms. The van der Waals surface area contributed by atoms with Gasteiger partial charge in [-0.3, -0.25) is 9.69 Å². The zero-order chi connectivity index (χ0) is 11.7. The van der Waals surface area contributed by atoms with Crippen molar-refractivity contribution in [1.29, 1.82) is 0 Å². The number of hydrogen-bond acceptors (Lipinski definition) is 2. The second-order valence-electron chi connectivity index (χ2n) is 4.78. The fourth-order valence-electron chi connectivity index (χ4n) is 2.73. The van der Waals surface area contributed by atoms with Gasteiger partial charge in [-0.1, -0.05) is 20.3 Å². The number of hydrogen-bond donors (Lipinski definition) is 0. The summed E-state index contributed by atoms with van der Waals surface area (Å²) in [6, 6.07) is -0.218. The first-order valence-corrected chi connectivity index (χ1v) is 6.31. The van der Waals surface area contributed by atoms with Crippen molar-refractivity contribution in [1.82, 2.24) is 9.80 Å².